The molecule has 0 amide bonds. The van der Waals surface area contributed by atoms with Crippen molar-refractivity contribution in [2.24, 2.45) is 11.8 Å². The third-order valence-corrected chi connectivity index (χ3v) is 8.07. The van der Waals surface area contributed by atoms with Gasteiger partial charge in [-0.1, -0.05) is 13.8 Å². The summed E-state index contributed by atoms with van der Waals surface area (Å²) in [6.45, 7) is 8.66. The number of hydrogen-bond acceptors (Lipinski definition) is 5. The fourth-order valence-corrected chi connectivity index (χ4v) is 6.20. The minimum Gasteiger partial charge on any atom is -0.493 e. The molecule has 1 saturated carbocycles. The Kier molecular flexibility index (Phi) is 5.75. The van der Waals surface area contributed by atoms with Gasteiger partial charge in [0.05, 0.1) is 37.1 Å². The first-order valence-corrected chi connectivity index (χ1v) is 13.0. The lowest BCUT2D eigenvalue weighted by Gasteiger charge is -2.34. The number of aromatic amines is 1. The van der Waals surface area contributed by atoms with E-state index in [4.69, 9.17) is 14.5 Å². The van der Waals surface area contributed by atoms with Crippen LogP contribution in [-0.4, -0.2) is 44.9 Å². The van der Waals surface area contributed by atoms with Gasteiger partial charge in [0.25, 0.3) is 0 Å². The minimum absolute atomic E-state index is 0.319. The highest BCUT2D eigenvalue weighted by Crippen LogP contribution is 2.42. The highest BCUT2D eigenvalue weighted by atomic mass is 16.5. The van der Waals surface area contributed by atoms with Crippen molar-refractivity contribution in [1.82, 2.24) is 24.6 Å². The van der Waals surface area contributed by atoms with Crippen LogP contribution in [0.25, 0.3) is 27.9 Å². The Balaban J connectivity index is 1.36. The molecule has 184 valence electrons. The highest BCUT2D eigenvalue weighted by Gasteiger charge is 2.29. The molecule has 35 heavy (non-hydrogen) atoms. The van der Waals surface area contributed by atoms with Crippen molar-refractivity contribution in [3.05, 3.63) is 41.5 Å². The van der Waals surface area contributed by atoms with Gasteiger partial charge in [0, 0.05) is 34.9 Å². The first-order chi connectivity index (χ1) is 17.0. The Morgan fingerprint density at radius 1 is 1.14 bits per heavy atom. The number of nitrogens with zero attached hydrogens (tertiary/aromatic N) is 4. The van der Waals surface area contributed by atoms with Crippen molar-refractivity contribution in [2.75, 3.05) is 20.3 Å². The Bertz CT molecular complexity index is 1360. The summed E-state index contributed by atoms with van der Waals surface area (Å²) in [5.41, 5.74) is 8.86. The van der Waals surface area contributed by atoms with Crippen molar-refractivity contribution < 1.29 is 9.47 Å². The quantitative estimate of drug-likeness (QED) is 0.370. The van der Waals surface area contributed by atoms with E-state index < -0.39 is 0 Å². The molecule has 2 fully saturated rings. The van der Waals surface area contributed by atoms with E-state index in [1.807, 2.05) is 12.3 Å². The molecule has 4 aromatic rings. The van der Waals surface area contributed by atoms with Crippen LogP contribution in [0.5, 0.6) is 5.75 Å². The number of ether oxygens (including phenoxy) is 2. The maximum atomic E-state index is 5.62. The number of aromatic nitrogens is 5. The second-order valence-corrected chi connectivity index (χ2v) is 10.8. The van der Waals surface area contributed by atoms with Gasteiger partial charge in [0.15, 0.2) is 11.4 Å². The molecule has 1 N–H and O–H groups in total. The number of hydrogen-bond donors (Lipinski definition) is 1. The predicted octanol–water partition coefficient (Wildman–Crippen LogP) is 6.02. The summed E-state index contributed by atoms with van der Waals surface area (Å²) in [6, 6.07) is 4.35. The third kappa shape index (κ3) is 3.99. The molecule has 1 saturated heterocycles. The maximum Gasteiger partial charge on any atom is 0.197 e. The fraction of sp³-hybridized carbons (Fsp3) is 0.536. The zero-order valence-electron chi connectivity index (χ0n) is 21.2. The summed E-state index contributed by atoms with van der Waals surface area (Å²) in [5.74, 6) is 3.24. The Morgan fingerprint density at radius 2 is 1.94 bits per heavy atom. The van der Waals surface area contributed by atoms with Gasteiger partial charge >= 0.3 is 0 Å². The van der Waals surface area contributed by atoms with Gasteiger partial charge in [-0.25, -0.2) is 9.50 Å². The van der Waals surface area contributed by atoms with Gasteiger partial charge in [-0.3, -0.25) is 4.98 Å². The average molecular weight is 474 g/mol. The molecule has 6 rings (SSSR count). The van der Waals surface area contributed by atoms with E-state index >= 15 is 0 Å². The van der Waals surface area contributed by atoms with E-state index in [-0.39, 0.29) is 0 Å². The number of aryl methyl sites for hydroxylation is 1. The molecule has 1 aliphatic heterocycles. The van der Waals surface area contributed by atoms with Crippen LogP contribution in [-0.2, 0) is 4.74 Å². The third-order valence-electron chi connectivity index (χ3n) is 8.07. The van der Waals surface area contributed by atoms with Crippen LogP contribution in [0.1, 0.15) is 74.6 Å². The molecule has 2 aliphatic rings. The number of nitrogens with one attached hydrogen (secondary N) is 1. The van der Waals surface area contributed by atoms with Crippen LogP contribution < -0.4 is 4.74 Å². The topological polar surface area (TPSA) is 77.3 Å². The first-order valence-electron chi connectivity index (χ1n) is 13.0. The lowest BCUT2D eigenvalue weighted by molar-refractivity contribution is -0.0448. The second-order valence-electron chi connectivity index (χ2n) is 10.8. The molecule has 0 unspecified atom stereocenters. The molecule has 4 aromatic heterocycles. The maximum absolute atomic E-state index is 5.62. The van der Waals surface area contributed by atoms with E-state index in [0.717, 1.165) is 53.0 Å². The molecule has 0 aromatic carbocycles. The average Bonchev–Trinajstić information content (AvgIpc) is 3.45. The number of rotatable bonds is 6. The van der Waals surface area contributed by atoms with Gasteiger partial charge in [0.1, 0.15) is 6.33 Å². The van der Waals surface area contributed by atoms with Crippen LogP contribution in [0.15, 0.2) is 24.7 Å². The molecular weight excluding hydrogens is 438 g/mol. The minimum atomic E-state index is 0.319. The van der Waals surface area contributed by atoms with Gasteiger partial charge in [-0.2, -0.15) is 5.10 Å². The Hall–Kier alpha value is -2.93. The van der Waals surface area contributed by atoms with Crippen LogP contribution >= 0.6 is 0 Å². The Morgan fingerprint density at radius 3 is 2.63 bits per heavy atom. The van der Waals surface area contributed by atoms with Gasteiger partial charge in [-0.15, -0.1) is 0 Å². The highest BCUT2D eigenvalue weighted by molar-refractivity contribution is 5.89. The van der Waals surface area contributed by atoms with Crippen LogP contribution in [0, 0.1) is 18.8 Å². The van der Waals surface area contributed by atoms with Gasteiger partial charge in [-0.05, 0) is 68.6 Å². The SMILES string of the molecule is COc1cc(-c2[nH]c3cc(C)c(C4CCC(CC5COC5)CC4)nc3c2C(C)C)cn2ncnc12. The summed E-state index contributed by atoms with van der Waals surface area (Å²) in [4.78, 5) is 13.4. The fourth-order valence-electron chi connectivity index (χ4n) is 6.20. The second kappa shape index (κ2) is 8.94. The van der Waals surface area contributed by atoms with Crippen molar-refractivity contribution >= 4 is 16.7 Å². The summed E-state index contributed by atoms with van der Waals surface area (Å²) in [5, 5.41) is 4.35. The largest absolute Gasteiger partial charge is 0.493 e. The zero-order valence-corrected chi connectivity index (χ0v) is 21.2. The molecule has 0 bridgehead atoms. The van der Waals surface area contributed by atoms with Crippen molar-refractivity contribution in [3.8, 4) is 17.0 Å². The number of H-pyrrole nitrogens is 1. The van der Waals surface area contributed by atoms with Crippen LogP contribution in [0.4, 0.5) is 0 Å². The molecular formula is C28H35N5O2. The summed E-state index contributed by atoms with van der Waals surface area (Å²) in [6.07, 6.45) is 10.0. The van der Waals surface area contributed by atoms with Crippen molar-refractivity contribution in [2.45, 2.75) is 64.7 Å². The van der Waals surface area contributed by atoms with Crippen LogP contribution in [0.2, 0.25) is 0 Å². The monoisotopic (exact) mass is 473 g/mol. The normalized spacial score (nSPS) is 21.2. The smallest absolute Gasteiger partial charge is 0.197 e. The molecule has 0 spiro atoms. The van der Waals surface area contributed by atoms with E-state index in [1.165, 1.54) is 48.9 Å². The first kappa shape index (κ1) is 22.5. The van der Waals surface area contributed by atoms with Gasteiger partial charge < -0.3 is 14.5 Å². The number of methoxy groups -OCH3 is 1. The molecule has 0 radical (unpaired) electrons. The molecule has 5 heterocycles. The van der Waals surface area contributed by atoms with Crippen LogP contribution in [0.3, 0.4) is 0 Å². The van der Waals surface area contributed by atoms with Gasteiger partial charge in [0.2, 0.25) is 0 Å². The van der Waals surface area contributed by atoms with E-state index in [1.54, 1.807) is 18.0 Å². The predicted molar refractivity (Wildman–Crippen MR) is 137 cm³/mol. The zero-order chi connectivity index (χ0) is 24.1. The van der Waals surface area contributed by atoms with E-state index in [9.17, 15) is 0 Å². The van der Waals surface area contributed by atoms with Crippen molar-refractivity contribution in [1.29, 1.82) is 0 Å². The standard InChI is InChI=1S/C28H35N5O2/c1-16(2)24-26(21-11-23(34-4)28-29-15-30-33(28)12-21)31-22-9-17(3)25(32-27(22)24)20-7-5-18(6-8-20)10-19-13-35-14-19/h9,11-12,15-16,18-20,31H,5-8,10,13-14H2,1-4H3. The number of fused-ring (bicyclic) bond motifs is 2. The molecule has 7 heteroatoms. The molecule has 7 nitrogen and oxygen atoms in total. The molecule has 0 atom stereocenters. The number of pyridine rings is 2. The molecule has 1 aliphatic carbocycles. The Labute approximate surface area is 206 Å². The summed E-state index contributed by atoms with van der Waals surface area (Å²) in [7, 11) is 1.67. The summed E-state index contributed by atoms with van der Waals surface area (Å²) < 4.78 is 12.8. The lowest BCUT2D eigenvalue weighted by Crippen LogP contribution is -2.30. The lowest BCUT2D eigenvalue weighted by atomic mass is 9.76. The van der Waals surface area contributed by atoms with E-state index in [0.29, 0.717) is 17.6 Å². The summed E-state index contributed by atoms with van der Waals surface area (Å²) >= 11 is 0. The van der Waals surface area contributed by atoms with Crippen molar-refractivity contribution in [3.63, 3.8) is 0 Å². The van der Waals surface area contributed by atoms with E-state index in [2.05, 4.69) is 41.9 Å².